The van der Waals surface area contributed by atoms with E-state index in [9.17, 15) is 4.79 Å². The van der Waals surface area contributed by atoms with Crippen molar-refractivity contribution >= 4 is 23.2 Å². The van der Waals surface area contributed by atoms with Crippen molar-refractivity contribution in [3.63, 3.8) is 0 Å². The van der Waals surface area contributed by atoms with Crippen molar-refractivity contribution in [3.05, 3.63) is 28.8 Å². The predicted octanol–water partition coefficient (Wildman–Crippen LogP) is 2.67. The summed E-state index contributed by atoms with van der Waals surface area (Å²) >= 11 is 5.80. The number of unbranched alkanes of at least 4 members (excludes halogenated alkanes) is 1. The van der Waals surface area contributed by atoms with Gasteiger partial charge in [0, 0.05) is 5.69 Å². The number of nitriles is 1. The van der Waals surface area contributed by atoms with E-state index in [-0.39, 0.29) is 5.91 Å². The van der Waals surface area contributed by atoms with Crippen LogP contribution in [-0.2, 0) is 4.79 Å². The summed E-state index contributed by atoms with van der Waals surface area (Å²) in [6.07, 6.45) is 2.57. The second kappa shape index (κ2) is 7.00. The molecule has 0 aliphatic carbocycles. The molecule has 0 bridgehead atoms. The Balaban J connectivity index is 2.67. The first kappa shape index (κ1) is 14.5. The molecule has 3 N–H and O–H groups in total. The van der Waals surface area contributed by atoms with Gasteiger partial charge in [0.2, 0.25) is 5.91 Å². The van der Waals surface area contributed by atoms with Gasteiger partial charge < -0.3 is 11.1 Å². The molecule has 1 aromatic carbocycles. The zero-order chi connectivity index (χ0) is 13.5. The van der Waals surface area contributed by atoms with Crippen LogP contribution in [0.25, 0.3) is 0 Å². The highest BCUT2D eigenvalue weighted by Gasteiger charge is 2.13. The number of rotatable bonds is 5. The molecule has 1 rings (SSSR count). The first-order valence-corrected chi connectivity index (χ1v) is 6.22. The molecule has 18 heavy (non-hydrogen) atoms. The molecule has 1 atom stereocenters. The fourth-order valence-electron chi connectivity index (χ4n) is 1.48. The van der Waals surface area contributed by atoms with Crippen LogP contribution in [0.5, 0.6) is 0 Å². The number of carbonyl (C=O) groups is 1. The van der Waals surface area contributed by atoms with Crippen LogP contribution in [0.4, 0.5) is 5.69 Å². The molecule has 0 aromatic heterocycles. The normalized spacial score (nSPS) is 11.7. The molecule has 0 radical (unpaired) electrons. The van der Waals surface area contributed by atoms with Crippen LogP contribution in [0.3, 0.4) is 0 Å². The molecule has 0 unspecified atom stereocenters. The third-order valence-corrected chi connectivity index (χ3v) is 2.89. The summed E-state index contributed by atoms with van der Waals surface area (Å²) in [6.45, 7) is 2.04. The van der Waals surface area contributed by atoms with Crippen LogP contribution < -0.4 is 11.1 Å². The Kier molecular flexibility index (Phi) is 5.63. The van der Waals surface area contributed by atoms with Crippen molar-refractivity contribution < 1.29 is 4.79 Å². The number of hydrogen-bond donors (Lipinski definition) is 2. The van der Waals surface area contributed by atoms with Crippen molar-refractivity contribution in [3.8, 4) is 6.07 Å². The minimum absolute atomic E-state index is 0.241. The van der Waals surface area contributed by atoms with E-state index in [4.69, 9.17) is 22.6 Å². The monoisotopic (exact) mass is 265 g/mol. The van der Waals surface area contributed by atoms with E-state index < -0.39 is 6.04 Å². The SMILES string of the molecule is CCCC[C@H](N)C(=O)Nc1ccc(Cl)c(C#N)c1. The molecule has 0 aliphatic heterocycles. The van der Waals surface area contributed by atoms with Crippen LogP contribution in [0, 0.1) is 11.3 Å². The van der Waals surface area contributed by atoms with E-state index in [0.717, 1.165) is 12.8 Å². The number of anilines is 1. The zero-order valence-electron chi connectivity index (χ0n) is 10.2. The largest absolute Gasteiger partial charge is 0.325 e. The van der Waals surface area contributed by atoms with Gasteiger partial charge in [-0.3, -0.25) is 4.79 Å². The van der Waals surface area contributed by atoms with Crippen molar-refractivity contribution in [2.24, 2.45) is 5.73 Å². The lowest BCUT2D eigenvalue weighted by molar-refractivity contribution is -0.117. The summed E-state index contributed by atoms with van der Waals surface area (Å²) in [5, 5.41) is 11.9. The third kappa shape index (κ3) is 4.02. The first-order valence-electron chi connectivity index (χ1n) is 5.84. The van der Waals surface area contributed by atoms with Gasteiger partial charge >= 0.3 is 0 Å². The third-order valence-electron chi connectivity index (χ3n) is 2.56. The minimum Gasteiger partial charge on any atom is -0.325 e. The number of halogens is 1. The highest BCUT2D eigenvalue weighted by atomic mass is 35.5. The Bertz CT molecular complexity index is 468. The van der Waals surface area contributed by atoms with Gasteiger partial charge in [-0.15, -0.1) is 0 Å². The highest BCUT2D eigenvalue weighted by Crippen LogP contribution is 2.19. The fraction of sp³-hybridized carbons (Fsp3) is 0.385. The number of nitrogens with zero attached hydrogens (tertiary/aromatic N) is 1. The quantitative estimate of drug-likeness (QED) is 0.859. The lowest BCUT2D eigenvalue weighted by Crippen LogP contribution is -2.35. The van der Waals surface area contributed by atoms with Crippen LogP contribution in [-0.4, -0.2) is 11.9 Å². The van der Waals surface area contributed by atoms with E-state index in [1.165, 1.54) is 6.07 Å². The lowest BCUT2D eigenvalue weighted by atomic mass is 10.1. The first-order chi connectivity index (χ1) is 8.58. The molecule has 5 heteroatoms. The Morgan fingerprint density at radius 3 is 2.94 bits per heavy atom. The number of benzene rings is 1. The number of nitrogens with two attached hydrogens (primary N) is 1. The van der Waals surface area contributed by atoms with Crippen LogP contribution in [0.1, 0.15) is 31.7 Å². The van der Waals surface area contributed by atoms with E-state index in [1.54, 1.807) is 12.1 Å². The van der Waals surface area contributed by atoms with Gasteiger partial charge in [0.05, 0.1) is 16.6 Å². The number of hydrogen-bond acceptors (Lipinski definition) is 3. The summed E-state index contributed by atoms with van der Waals surface area (Å²) < 4.78 is 0. The second-order valence-electron chi connectivity index (χ2n) is 4.04. The van der Waals surface area contributed by atoms with E-state index in [2.05, 4.69) is 5.32 Å². The maximum Gasteiger partial charge on any atom is 0.241 e. The molecule has 0 spiro atoms. The Hall–Kier alpha value is -1.57. The van der Waals surface area contributed by atoms with Gasteiger partial charge in [-0.2, -0.15) is 5.26 Å². The van der Waals surface area contributed by atoms with Crippen molar-refractivity contribution in [2.45, 2.75) is 32.2 Å². The van der Waals surface area contributed by atoms with E-state index in [0.29, 0.717) is 22.7 Å². The Morgan fingerprint density at radius 2 is 2.33 bits per heavy atom. The van der Waals surface area contributed by atoms with E-state index in [1.807, 2.05) is 13.0 Å². The van der Waals surface area contributed by atoms with Crippen molar-refractivity contribution in [2.75, 3.05) is 5.32 Å². The summed E-state index contributed by atoms with van der Waals surface area (Å²) in [7, 11) is 0. The summed E-state index contributed by atoms with van der Waals surface area (Å²) in [5.41, 5.74) is 6.61. The lowest BCUT2D eigenvalue weighted by Gasteiger charge is -2.12. The molecule has 4 nitrogen and oxygen atoms in total. The minimum atomic E-state index is -0.522. The number of amides is 1. The van der Waals surface area contributed by atoms with E-state index >= 15 is 0 Å². The summed E-state index contributed by atoms with van der Waals surface area (Å²) in [6, 6.07) is 6.19. The number of carbonyl (C=O) groups excluding carboxylic acids is 1. The van der Waals surface area contributed by atoms with Crippen LogP contribution in [0.2, 0.25) is 5.02 Å². The average molecular weight is 266 g/mol. The standard InChI is InChI=1S/C13H16ClN3O/c1-2-3-4-12(16)13(18)17-10-5-6-11(14)9(7-10)8-15/h5-7,12H,2-4,16H2,1H3,(H,17,18)/t12-/m0/s1. The molecule has 0 saturated carbocycles. The van der Waals surface area contributed by atoms with Gasteiger partial charge in [-0.05, 0) is 24.6 Å². The molecule has 0 fully saturated rings. The molecule has 1 aromatic rings. The molecule has 0 aliphatic rings. The fourth-order valence-corrected chi connectivity index (χ4v) is 1.64. The topological polar surface area (TPSA) is 78.9 Å². The summed E-state index contributed by atoms with van der Waals surface area (Å²) in [5.74, 6) is -0.241. The molecule has 0 saturated heterocycles. The number of nitrogens with one attached hydrogen (secondary N) is 1. The molecule has 96 valence electrons. The summed E-state index contributed by atoms with van der Waals surface area (Å²) in [4.78, 5) is 11.8. The van der Waals surface area contributed by atoms with Crippen molar-refractivity contribution in [1.82, 2.24) is 0 Å². The molecular weight excluding hydrogens is 250 g/mol. The molecule has 1 amide bonds. The highest BCUT2D eigenvalue weighted by molar-refractivity contribution is 6.31. The maximum atomic E-state index is 11.8. The van der Waals surface area contributed by atoms with Gasteiger partial charge in [0.15, 0.2) is 0 Å². The smallest absolute Gasteiger partial charge is 0.241 e. The zero-order valence-corrected chi connectivity index (χ0v) is 11.0. The molecular formula is C13H16ClN3O. The van der Waals surface area contributed by atoms with Gasteiger partial charge in [0.25, 0.3) is 0 Å². The Morgan fingerprint density at radius 1 is 1.61 bits per heavy atom. The van der Waals surface area contributed by atoms with Crippen LogP contribution in [0.15, 0.2) is 18.2 Å². The predicted molar refractivity (Wildman–Crippen MR) is 72.3 cm³/mol. The Labute approximate surface area is 112 Å². The average Bonchev–Trinajstić information content (AvgIpc) is 2.37. The van der Waals surface area contributed by atoms with Crippen LogP contribution >= 0.6 is 11.6 Å². The van der Waals surface area contributed by atoms with Crippen molar-refractivity contribution in [1.29, 1.82) is 5.26 Å². The van der Waals surface area contributed by atoms with Gasteiger partial charge in [0.1, 0.15) is 6.07 Å². The molecule has 0 heterocycles. The van der Waals surface area contributed by atoms with Gasteiger partial charge in [-0.25, -0.2) is 0 Å². The second-order valence-corrected chi connectivity index (χ2v) is 4.45. The maximum absolute atomic E-state index is 11.8. The van der Waals surface area contributed by atoms with Gasteiger partial charge in [-0.1, -0.05) is 31.4 Å².